The second-order valence-electron chi connectivity index (χ2n) is 8.86. The Bertz CT molecular complexity index is 1540. The molecule has 0 aliphatic rings. The van der Waals surface area contributed by atoms with Crippen LogP contribution in [0.5, 0.6) is 17.2 Å². The number of aromatic nitrogens is 4. The van der Waals surface area contributed by atoms with E-state index < -0.39 is 10.0 Å². The Balaban J connectivity index is 1.78. The molecule has 11 heteroatoms. The molecule has 0 spiro atoms. The van der Waals surface area contributed by atoms with Gasteiger partial charge in [0.05, 0.1) is 23.3 Å². The van der Waals surface area contributed by atoms with Crippen LogP contribution >= 0.6 is 0 Å². The maximum Gasteiger partial charge on any atom is 0.328 e. The molecule has 2 heterocycles. The summed E-state index contributed by atoms with van der Waals surface area (Å²) in [6.45, 7) is 6.38. The highest BCUT2D eigenvalue weighted by Gasteiger charge is 2.23. The Kier molecular flexibility index (Phi) is 6.37. The first-order valence-corrected chi connectivity index (χ1v) is 12.6. The number of hydrogen-bond acceptors (Lipinski definition) is 6. The third-order valence-electron chi connectivity index (χ3n) is 5.60. The summed E-state index contributed by atoms with van der Waals surface area (Å²) in [5, 5.41) is -0.116. The fourth-order valence-electron chi connectivity index (χ4n) is 3.56. The van der Waals surface area contributed by atoms with Gasteiger partial charge in [0.25, 0.3) is 10.0 Å². The number of aryl methyl sites for hydroxylation is 4. The summed E-state index contributed by atoms with van der Waals surface area (Å²) in [5.41, 5.74) is 1.08. The van der Waals surface area contributed by atoms with E-state index in [4.69, 9.17) is 9.47 Å². The zero-order valence-electron chi connectivity index (χ0n) is 20.6. The molecule has 35 heavy (non-hydrogen) atoms. The highest BCUT2D eigenvalue weighted by Crippen LogP contribution is 2.36. The zero-order valence-corrected chi connectivity index (χ0v) is 21.4. The van der Waals surface area contributed by atoms with E-state index in [1.54, 1.807) is 63.0 Å². The van der Waals surface area contributed by atoms with E-state index in [1.165, 1.54) is 15.3 Å². The van der Waals surface area contributed by atoms with Gasteiger partial charge in [-0.2, -0.15) is 8.42 Å². The quantitative estimate of drug-likeness (QED) is 0.397. The average Bonchev–Trinajstić information content (AvgIpc) is 3.25. The van der Waals surface area contributed by atoms with E-state index in [0.717, 1.165) is 0 Å². The lowest BCUT2D eigenvalue weighted by atomic mass is 10.2. The molecule has 0 saturated carbocycles. The molecular formula is C24H29N5O5S. The molecule has 2 aromatic heterocycles. The van der Waals surface area contributed by atoms with Crippen LogP contribution in [0.4, 0.5) is 5.69 Å². The first kappa shape index (κ1) is 24.4. The van der Waals surface area contributed by atoms with E-state index in [0.29, 0.717) is 40.9 Å². The lowest BCUT2D eigenvalue weighted by Crippen LogP contribution is -2.19. The maximum atomic E-state index is 13.1. The number of sulfonamides is 1. The third-order valence-corrected chi connectivity index (χ3v) is 6.83. The van der Waals surface area contributed by atoms with Gasteiger partial charge in [-0.05, 0) is 31.0 Å². The van der Waals surface area contributed by atoms with Crippen molar-refractivity contribution in [2.45, 2.75) is 25.8 Å². The van der Waals surface area contributed by atoms with Crippen molar-refractivity contribution in [3.05, 3.63) is 58.9 Å². The van der Waals surface area contributed by atoms with Crippen LogP contribution in [0.3, 0.4) is 0 Å². The molecule has 0 amide bonds. The maximum absolute atomic E-state index is 13.1. The molecule has 10 nitrogen and oxygen atoms in total. The third kappa shape index (κ3) is 4.90. The highest BCUT2D eigenvalue weighted by atomic mass is 32.2. The summed E-state index contributed by atoms with van der Waals surface area (Å²) < 4.78 is 45.3. The Morgan fingerprint density at radius 2 is 1.69 bits per heavy atom. The van der Waals surface area contributed by atoms with Crippen molar-refractivity contribution < 1.29 is 17.9 Å². The monoisotopic (exact) mass is 499 g/mol. The summed E-state index contributed by atoms with van der Waals surface area (Å²) in [5.74, 6) is 2.24. The number of anilines is 1. The lowest BCUT2D eigenvalue weighted by molar-refractivity contribution is 0.270. The van der Waals surface area contributed by atoms with E-state index in [2.05, 4.69) is 23.6 Å². The van der Waals surface area contributed by atoms with E-state index >= 15 is 0 Å². The summed E-state index contributed by atoms with van der Waals surface area (Å²) in [6, 6.07) is 10.3. The number of ether oxygens (including phenoxy) is 2. The summed E-state index contributed by atoms with van der Waals surface area (Å²) in [4.78, 5) is 16.6. The fourth-order valence-corrected chi connectivity index (χ4v) is 4.66. The Hall–Kier alpha value is -3.73. The Labute approximate surface area is 203 Å². The summed E-state index contributed by atoms with van der Waals surface area (Å²) >= 11 is 0. The van der Waals surface area contributed by atoms with Crippen LogP contribution in [-0.4, -0.2) is 33.7 Å². The lowest BCUT2D eigenvalue weighted by Gasteiger charge is -2.15. The second-order valence-corrected chi connectivity index (χ2v) is 10.5. The van der Waals surface area contributed by atoms with Crippen LogP contribution in [0.15, 0.2) is 52.4 Å². The van der Waals surface area contributed by atoms with Crippen molar-refractivity contribution in [1.82, 2.24) is 18.7 Å². The zero-order chi connectivity index (χ0) is 25.5. The molecule has 4 aromatic rings. The molecule has 1 N–H and O–H groups in total. The van der Waals surface area contributed by atoms with Gasteiger partial charge in [0.15, 0.2) is 10.8 Å². The van der Waals surface area contributed by atoms with Crippen molar-refractivity contribution in [3.8, 4) is 17.2 Å². The highest BCUT2D eigenvalue weighted by molar-refractivity contribution is 7.92. The minimum atomic E-state index is -4.02. The molecule has 2 aromatic carbocycles. The van der Waals surface area contributed by atoms with Crippen LogP contribution in [0.1, 0.15) is 19.7 Å². The minimum absolute atomic E-state index is 0.116. The number of rotatable bonds is 8. The van der Waals surface area contributed by atoms with Gasteiger partial charge in [-0.1, -0.05) is 19.9 Å². The number of nitrogens with one attached hydrogen (secondary N) is 1. The van der Waals surface area contributed by atoms with Gasteiger partial charge in [0.2, 0.25) is 0 Å². The molecule has 0 fully saturated rings. The molecule has 186 valence electrons. The standard InChI is InChI=1S/C24H29N5O5S/c1-15(2)14-33-17-8-7-9-18(10-17)34-22-12-21-20(28(5)24(30)29(21)6)11-19(22)26-35(31,32)23-13-27(4)16(3)25-23/h7-13,15,26H,14H2,1-6H3. The smallest absolute Gasteiger partial charge is 0.328 e. The number of nitrogens with zero attached hydrogens (tertiary/aromatic N) is 4. The first-order chi connectivity index (χ1) is 16.5. The number of benzene rings is 2. The molecule has 0 radical (unpaired) electrons. The molecule has 0 aliphatic heterocycles. The van der Waals surface area contributed by atoms with E-state index in [1.807, 2.05) is 6.07 Å². The Morgan fingerprint density at radius 1 is 1.03 bits per heavy atom. The van der Waals surface area contributed by atoms with Gasteiger partial charge < -0.3 is 14.0 Å². The number of fused-ring (bicyclic) bond motifs is 1. The van der Waals surface area contributed by atoms with Crippen molar-refractivity contribution in [1.29, 1.82) is 0 Å². The van der Waals surface area contributed by atoms with Crippen LogP contribution in [0, 0.1) is 12.8 Å². The molecule has 0 bridgehead atoms. The van der Waals surface area contributed by atoms with Gasteiger partial charge >= 0.3 is 5.69 Å². The molecule has 0 atom stereocenters. The van der Waals surface area contributed by atoms with Crippen molar-refractivity contribution >= 4 is 26.7 Å². The fraction of sp³-hybridized carbons (Fsp3) is 0.333. The van der Waals surface area contributed by atoms with E-state index in [9.17, 15) is 13.2 Å². The molecule has 0 aliphatic carbocycles. The van der Waals surface area contributed by atoms with Gasteiger partial charge in [-0.3, -0.25) is 13.9 Å². The predicted octanol–water partition coefficient (Wildman–Crippen LogP) is 3.55. The number of hydrogen-bond donors (Lipinski definition) is 1. The van der Waals surface area contributed by atoms with Crippen LogP contribution in [0.25, 0.3) is 11.0 Å². The molecule has 0 unspecified atom stereocenters. The van der Waals surface area contributed by atoms with Crippen molar-refractivity contribution in [3.63, 3.8) is 0 Å². The molecule has 0 saturated heterocycles. The topological polar surface area (TPSA) is 109 Å². The second kappa shape index (κ2) is 9.14. The molecular weight excluding hydrogens is 470 g/mol. The first-order valence-electron chi connectivity index (χ1n) is 11.1. The predicted molar refractivity (Wildman–Crippen MR) is 134 cm³/mol. The van der Waals surface area contributed by atoms with Gasteiger partial charge in [0, 0.05) is 39.5 Å². The normalized spacial score (nSPS) is 11.9. The number of imidazole rings is 2. The van der Waals surface area contributed by atoms with Gasteiger partial charge in [-0.25, -0.2) is 9.78 Å². The average molecular weight is 500 g/mol. The van der Waals surface area contributed by atoms with Crippen LogP contribution in [0.2, 0.25) is 0 Å². The van der Waals surface area contributed by atoms with Crippen LogP contribution < -0.4 is 19.9 Å². The van der Waals surface area contributed by atoms with Crippen molar-refractivity contribution in [2.75, 3.05) is 11.3 Å². The minimum Gasteiger partial charge on any atom is -0.493 e. The van der Waals surface area contributed by atoms with E-state index in [-0.39, 0.29) is 22.2 Å². The summed E-state index contributed by atoms with van der Waals surface area (Å²) in [7, 11) is 0.971. The van der Waals surface area contributed by atoms with Crippen molar-refractivity contribution in [2.24, 2.45) is 27.1 Å². The molecule has 4 rings (SSSR count). The van der Waals surface area contributed by atoms with Gasteiger partial charge in [0.1, 0.15) is 17.3 Å². The van der Waals surface area contributed by atoms with Gasteiger partial charge in [-0.15, -0.1) is 0 Å². The SMILES string of the molecule is Cc1nc(S(=O)(=O)Nc2cc3c(cc2Oc2cccc(OCC(C)C)c2)n(C)c(=O)n3C)cn1C. The largest absolute Gasteiger partial charge is 0.493 e. The summed E-state index contributed by atoms with van der Waals surface area (Å²) in [6.07, 6.45) is 1.44. The van der Waals surface area contributed by atoms with Crippen LogP contribution in [-0.2, 0) is 31.2 Å². The Morgan fingerprint density at radius 3 is 2.31 bits per heavy atom.